The second-order valence-electron chi connectivity index (χ2n) is 6.00. The van der Waals surface area contributed by atoms with Crippen LogP contribution >= 0.6 is 0 Å². The zero-order valence-electron chi connectivity index (χ0n) is 13.1. The van der Waals surface area contributed by atoms with Gasteiger partial charge in [-0.25, -0.2) is 0 Å². The molecule has 0 fully saturated rings. The molecule has 1 aliphatic carbocycles. The minimum Gasteiger partial charge on any atom is -0.310 e. The molecule has 0 bridgehead atoms. The zero-order valence-corrected chi connectivity index (χ0v) is 13.1. The Morgan fingerprint density at radius 1 is 1.05 bits per heavy atom. The van der Waals surface area contributed by atoms with Gasteiger partial charge in [-0.15, -0.1) is 0 Å². The molecule has 0 radical (unpaired) electrons. The first-order valence-electron chi connectivity index (χ1n) is 8.22. The van der Waals surface area contributed by atoms with Crippen LogP contribution in [0, 0.1) is 0 Å². The van der Waals surface area contributed by atoms with Crippen LogP contribution in [0.5, 0.6) is 0 Å². The van der Waals surface area contributed by atoms with E-state index in [4.69, 9.17) is 0 Å². The SMILES string of the molecule is CCNC(CC1Cc2ccccc21)c1ccccc1CC. The van der Waals surface area contributed by atoms with Crippen LogP contribution < -0.4 is 5.32 Å². The molecule has 110 valence electrons. The molecular formula is C20H25N. The molecule has 1 nitrogen and oxygen atoms in total. The Morgan fingerprint density at radius 3 is 2.57 bits per heavy atom. The number of hydrogen-bond donors (Lipinski definition) is 1. The smallest absolute Gasteiger partial charge is 0.0328 e. The number of benzene rings is 2. The summed E-state index contributed by atoms with van der Waals surface area (Å²) < 4.78 is 0. The molecule has 1 N–H and O–H groups in total. The van der Waals surface area contributed by atoms with Crippen molar-refractivity contribution in [1.82, 2.24) is 5.32 Å². The molecule has 0 saturated carbocycles. The topological polar surface area (TPSA) is 12.0 Å². The Labute approximate surface area is 128 Å². The van der Waals surface area contributed by atoms with Crippen LogP contribution in [0.3, 0.4) is 0 Å². The van der Waals surface area contributed by atoms with Gasteiger partial charge in [0.1, 0.15) is 0 Å². The number of hydrogen-bond acceptors (Lipinski definition) is 1. The van der Waals surface area contributed by atoms with E-state index in [2.05, 4.69) is 67.7 Å². The normalized spacial score (nSPS) is 17.9. The molecule has 2 aromatic carbocycles. The largest absolute Gasteiger partial charge is 0.310 e. The summed E-state index contributed by atoms with van der Waals surface area (Å²) in [5.41, 5.74) is 6.08. The van der Waals surface area contributed by atoms with Gasteiger partial charge in [0, 0.05) is 6.04 Å². The fraction of sp³-hybridized carbons (Fsp3) is 0.400. The summed E-state index contributed by atoms with van der Waals surface area (Å²) in [5, 5.41) is 3.70. The number of rotatable bonds is 6. The maximum absolute atomic E-state index is 3.70. The van der Waals surface area contributed by atoms with Crippen molar-refractivity contribution in [3.8, 4) is 0 Å². The third-order valence-electron chi connectivity index (χ3n) is 4.74. The number of nitrogens with one attached hydrogen (secondary N) is 1. The van der Waals surface area contributed by atoms with Gasteiger partial charge in [0.05, 0.1) is 0 Å². The number of aryl methyl sites for hydroxylation is 1. The predicted octanol–water partition coefficient (Wildman–Crippen LogP) is 4.63. The molecule has 0 amide bonds. The van der Waals surface area contributed by atoms with E-state index in [1.165, 1.54) is 24.0 Å². The molecular weight excluding hydrogens is 254 g/mol. The summed E-state index contributed by atoms with van der Waals surface area (Å²) in [7, 11) is 0. The van der Waals surface area contributed by atoms with E-state index in [9.17, 15) is 0 Å². The third-order valence-corrected chi connectivity index (χ3v) is 4.74. The molecule has 1 heteroatoms. The van der Waals surface area contributed by atoms with Crippen LogP contribution in [0.15, 0.2) is 48.5 Å². The lowest BCUT2D eigenvalue weighted by Crippen LogP contribution is -2.27. The van der Waals surface area contributed by atoms with E-state index >= 15 is 0 Å². The molecule has 0 aromatic heterocycles. The van der Waals surface area contributed by atoms with E-state index in [1.54, 1.807) is 11.1 Å². The van der Waals surface area contributed by atoms with Crippen molar-refractivity contribution < 1.29 is 0 Å². The quantitative estimate of drug-likeness (QED) is 0.813. The molecule has 0 heterocycles. The second kappa shape index (κ2) is 6.44. The molecule has 0 aliphatic heterocycles. The van der Waals surface area contributed by atoms with Crippen LogP contribution in [0.1, 0.15) is 54.5 Å². The van der Waals surface area contributed by atoms with Crippen molar-refractivity contribution in [2.75, 3.05) is 6.54 Å². The van der Waals surface area contributed by atoms with Crippen molar-refractivity contribution in [2.24, 2.45) is 0 Å². The van der Waals surface area contributed by atoms with Gasteiger partial charge in [-0.1, -0.05) is 62.4 Å². The van der Waals surface area contributed by atoms with Crippen molar-refractivity contribution in [3.63, 3.8) is 0 Å². The summed E-state index contributed by atoms with van der Waals surface area (Å²) in [6, 6.07) is 18.3. The molecule has 2 aromatic rings. The Kier molecular flexibility index (Phi) is 4.40. The highest BCUT2D eigenvalue weighted by Crippen LogP contribution is 2.41. The van der Waals surface area contributed by atoms with Gasteiger partial charge in [-0.2, -0.15) is 0 Å². The number of fused-ring (bicyclic) bond motifs is 1. The molecule has 0 spiro atoms. The first-order valence-corrected chi connectivity index (χ1v) is 8.22. The maximum atomic E-state index is 3.70. The van der Waals surface area contributed by atoms with Crippen LogP contribution in [0.2, 0.25) is 0 Å². The van der Waals surface area contributed by atoms with E-state index in [0.29, 0.717) is 6.04 Å². The van der Waals surface area contributed by atoms with Crippen LogP contribution in [0.25, 0.3) is 0 Å². The highest BCUT2D eigenvalue weighted by atomic mass is 14.9. The van der Waals surface area contributed by atoms with Gasteiger partial charge >= 0.3 is 0 Å². The Morgan fingerprint density at radius 2 is 1.81 bits per heavy atom. The fourth-order valence-corrected chi connectivity index (χ4v) is 3.62. The minimum atomic E-state index is 0.476. The predicted molar refractivity (Wildman–Crippen MR) is 89.7 cm³/mol. The average Bonchev–Trinajstić information content (AvgIpc) is 2.51. The first-order chi connectivity index (χ1) is 10.3. The van der Waals surface area contributed by atoms with Gasteiger partial charge in [-0.3, -0.25) is 0 Å². The lowest BCUT2D eigenvalue weighted by atomic mass is 9.73. The van der Waals surface area contributed by atoms with Crippen LogP contribution in [-0.4, -0.2) is 6.54 Å². The zero-order chi connectivity index (χ0) is 14.7. The van der Waals surface area contributed by atoms with Crippen LogP contribution in [0.4, 0.5) is 0 Å². The van der Waals surface area contributed by atoms with Gasteiger partial charge in [0.15, 0.2) is 0 Å². The highest BCUT2D eigenvalue weighted by Gasteiger charge is 2.28. The van der Waals surface area contributed by atoms with Gasteiger partial charge < -0.3 is 5.32 Å². The first kappa shape index (κ1) is 14.3. The standard InChI is InChI=1S/C20H25N/c1-3-15-9-5-8-12-19(15)20(21-4-2)14-17-13-16-10-6-7-11-18(16)17/h5-12,17,20-21H,3-4,13-14H2,1-2H3. The Bertz CT molecular complexity index is 602. The summed E-state index contributed by atoms with van der Waals surface area (Å²) in [4.78, 5) is 0. The highest BCUT2D eigenvalue weighted by molar-refractivity contribution is 5.41. The Hall–Kier alpha value is -1.60. The molecule has 2 atom stereocenters. The summed E-state index contributed by atoms with van der Waals surface area (Å²) in [5.74, 6) is 0.718. The average molecular weight is 279 g/mol. The van der Waals surface area contributed by atoms with Crippen molar-refractivity contribution in [2.45, 2.75) is 45.1 Å². The summed E-state index contributed by atoms with van der Waals surface area (Å²) in [6.45, 7) is 5.48. The minimum absolute atomic E-state index is 0.476. The molecule has 1 aliphatic rings. The van der Waals surface area contributed by atoms with Gasteiger partial charge in [-0.05, 0) is 54.0 Å². The van der Waals surface area contributed by atoms with E-state index in [1.807, 2.05) is 0 Å². The monoisotopic (exact) mass is 279 g/mol. The van der Waals surface area contributed by atoms with Gasteiger partial charge in [0.2, 0.25) is 0 Å². The lowest BCUT2D eigenvalue weighted by Gasteiger charge is -2.34. The van der Waals surface area contributed by atoms with Crippen LogP contribution in [-0.2, 0) is 12.8 Å². The van der Waals surface area contributed by atoms with E-state index in [-0.39, 0.29) is 0 Å². The fourth-order valence-electron chi connectivity index (χ4n) is 3.62. The molecule has 3 rings (SSSR count). The van der Waals surface area contributed by atoms with E-state index in [0.717, 1.165) is 18.9 Å². The van der Waals surface area contributed by atoms with Gasteiger partial charge in [0.25, 0.3) is 0 Å². The second-order valence-corrected chi connectivity index (χ2v) is 6.00. The summed E-state index contributed by atoms with van der Waals surface area (Å²) in [6.07, 6.45) is 3.56. The van der Waals surface area contributed by atoms with Crippen molar-refractivity contribution >= 4 is 0 Å². The summed E-state index contributed by atoms with van der Waals surface area (Å²) >= 11 is 0. The van der Waals surface area contributed by atoms with E-state index < -0.39 is 0 Å². The lowest BCUT2D eigenvalue weighted by molar-refractivity contribution is 0.434. The maximum Gasteiger partial charge on any atom is 0.0328 e. The third kappa shape index (κ3) is 2.89. The molecule has 21 heavy (non-hydrogen) atoms. The molecule has 2 unspecified atom stereocenters. The van der Waals surface area contributed by atoms with Crippen molar-refractivity contribution in [3.05, 3.63) is 70.8 Å². The Balaban J connectivity index is 1.80. The molecule has 0 saturated heterocycles. The van der Waals surface area contributed by atoms with Crippen molar-refractivity contribution in [1.29, 1.82) is 0 Å².